The molecule has 0 fully saturated rings. The van der Waals surface area contributed by atoms with Gasteiger partial charge in [0.2, 0.25) is 11.8 Å². The number of pyridine rings is 1. The molecular formula is C23H23N5O5. The lowest BCUT2D eigenvalue weighted by Gasteiger charge is -2.07. The summed E-state index contributed by atoms with van der Waals surface area (Å²) in [6.07, 6.45) is 5.91. The normalized spacial score (nSPS) is 10.5. The van der Waals surface area contributed by atoms with E-state index in [9.17, 15) is 14.4 Å². The Morgan fingerprint density at radius 2 is 1.79 bits per heavy atom. The summed E-state index contributed by atoms with van der Waals surface area (Å²) in [5, 5.41) is 9.16. The van der Waals surface area contributed by atoms with Crippen LogP contribution in [0, 0.1) is 0 Å². The van der Waals surface area contributed by atoms with E-state index in [1.54, 1.807) is 54.9 Å². The number of nitrogens with one attached hydrogen (secondary N) is 3. The molecule has 0 aliphatic rings. The average Bonchev–Trinajstić information content (AvgIpc) is 3.35. The lowest BCUT2D eigenvalue weighted by Crippen LogP contribution is -2.29. The number of carbonyl (C=O) groups is 3. The Hall–Kier alpha value is -4.47. The van der Waals surface area contributed by atoms with Crippen LogP contribution < -0.4 is 20.8 Å². The van der Waals surface area contributed by atoms with Crippen LogP contribution in [0.25, 0.3) is 0 Å². The smallest absolute Gasteiger partial charge is 0.258 e. The Labute approximate surface area is 190 Å². The maximum atomic E-state index is 11.8. The first-order valence-corrected chi connectivity index (χ1v) is 10.1. The summed E-state index contributed by atoms with van der Waals surface area (Å²) < 4.78 is 10.6. The van der Waals surface area contributed by atoms with Crippen molar-refractivity contribution in [1.29, 1.82) is 0 Å². The van der Waals surface area contributed by atoms with E-state index >= 15 is 0 Å². The molecule has 2 heterocycles. The standard InChI is InChI=1S/C23H23N5O5/c29-21(25-13-18-3-1-9-24-12-18)11-22(30)28-27-14-17-5-7-19(8-6-17)33-16-23(31)26-15-20-4-2-10-32-20/h1-10,12,14H,11,13,15-16H2,(H,25,29)(H,26,31)(H,28,30)/b27-14+. The minimum Gasteiger partial charge on any atom is -0.484 e. The number of hydrazone groups is 1. The second kappa shape index (κ2) is 12.4. The van der Waals surface area contributed by atoms with Gasteiger partial charge in [0.25, 0.3) is 5.91 Å². The van der Waals surface area contributed by atoms with Crippen molar-refractivity contribution in [2.24, 2.45) is 5.10 Å². The van der Waals surface area contributed by atoms with Crippen LogP contribution in [0.5, 0.6) is 5.75 Å². The summed E-state index contributed by atoms with van der Waals surface area (Å²) in [6.45, 7) is 0.457. The van der Waals surface area contributed by atoms with E-state index in [-0.39, 0.29) is 18.9 Å². The third kappa shape index (κ3) is 8.66. The van der Waals surface area contributed by atoms with Gasteiger partial charge in [-0.15, -0.1) is 0 Å². The third-order valence-corrected chi connectivity index (χ3v) is 4.23. The third-order valence-electron chi connectivity index (χ3n) is 4.23. The number of aromatic nitrogens is 1. The minimum absolute atomic E-state index is 0.132. The van der Waals surface area contributed by atoms with Gasteiger partial charge in [-0.1, -0.05) is 6.07 Å². The molecule has 10 heteroatoms. The van der Waals surface area contributed by atoms with Crippen LogP contribution in [0.2, 0.25) is 0 Å². The monoisotopic (exact) mass is 449 g/mol. The summed E-state index contributed by atoms with van der Waals surface area (Å²) in [5.74, 6) is -0.0556. The van der Waals surface area contributed by atoms with Gasteiger partial charge in [-0.25, -0.2) is 5.43 Å². The molecule has 0 saturated carbocycles. The topological polar surface area (TPSA) is 135 Å². The molecule has 170 valence electrons. The maximum absolute atomic E-state index is 11.8. The van der Waals surface area contributed by atoms with Gasteiger partial charge < -0.3 is 19.8 Å². The molecule has 33 heavy (non-hydrogen) atoms. The lowest BCUT2D eigenvalue weighted by molar-refractivity contribution is -0.129. The van der Waals surface area contributed by atoms with Crippen LogP contribution in [0.3, 0.4) is 0 Å². The summed E-state index contributed by atoms with van der Waals surface area (Å²) >= 11 is 0. The van der Waals surface area contributed by atoms with Crippen molar-refractivity contribution in [3.8, 4) is 5.75 Å². The van der Waals surface area contributed by atoms with Crippen LogP contribution in [-0.2, 0) is 27.5 Å². The van der Waals surface area contributed by atoms with Crippen molar-refractivity contribution in [1.82, 2.24) is 21.0 Å². The highest BCUT2D eigenvalue weighted by Crippen LogP contribution is 2.11. The van der Waals surface area contributed by atoms with Crippen molar-refractivity contribution in [2.45, 2.75) is 19.5 Å². The van der Waals surface area contributed by atoms with Crippen molar-refractivity contribution < 1.29 is 23.5 Å². The molecule has 0 bridgehead atoms. The van der Waals surface area contributed by atoms with Crippen LogP contribution >= 0.6 is 0 Å². The zero-order valence-corrected chi connectivity index (χ0v) is 17.7. The van der Waals surface area contributed by atoms with Gasteiger partial charge in [-0.05, 0) is 53.6 Å². The summed E-state index contributed by atoms with van der Waals surface area (Å²) in [6, 6.07) is 13.9. The number of carbonyl (C=O) groups excluding carboxylic acids is 3. The average molecular weight is 449 g/mol. The van der Waals surface area contributed by atoms with E-state index in [1.807, 2.05) is 6.07 Å². The molecule has 3 aromatic rings. The van der Waals surface area contributed by atoms with E-state index in [0.29, 0.717) is 30.2 Å². The highest BCUT2D eigenvalue weighted by molar-refractivity contribution is 5.97. The van der Waals surface area contributed by atoms with Crippen LogP contribution in [0.4, 0.5) is 0 Å². The van der Waals surface area contributed by atoms with Gasteiger partial charge in [0.05, 0.1) is 19.0 Å². The highest BCUT2D eigenvalue weighted by atomic mass is 16.5. The van der Waals surface area contributed by atoms with E-state index in [1.165, 1.54) is 12.5 Å². The van der Waals surface area contributed by atoms with E-state index in [4.69, 9.17) is 9.15 Å². The summed E-state index contributed by atoms with van der Waals surface area (Å²) in [5.41, 5.74) is 3.85. The zero-order valence-electron chi connectivity index (χ0n) is 17.7. The maximum Gasteiger partial charge on any atom is 0.258 e. The van der Waals surface area contributed by atoms with Gasteiger partial charge in [0.1, 0.15) is 17.9 Å². The highest BCUT2D eigenvalue weighted by Gasteiger charge is 2.08. The number of amides is 3. The molecule has 3 amide bonds. The fraction of sp³-hybridized carbons (Fsp3) is 0.174. The predicted octanol–water partition coefficient (Wildman–Crippen LogP) is 1.53. The Balaban J connectivity index is 1.33. The van der Waals surface area contributed by atoms with Gasteiger partial charge in [0, 0.05) is 18.9 Å². The lowest BCUT2D eigenvalue weighted by atomic mass is 10.2. The molecule has 2 aromatic heterocycles. The van der Waals surface area contributed by atoms with Crippen molar-refractivity contribution in [3.05, 3.63) is 84.1 Å². The molecule has 0 aliphatic heterocycles. The minimum atomic E-state index is -0.532. The SMILES string of the molecule is O=C(COc1ccc(/C=N/NC(=O)CC(=O)NCc2cccnc2)cc1)NCc1ccco1. The van der Waals surface area contributed by atoms with Crippen molar-refractivity contribution >= 4 is 23.9 Å². The summed E-state index contributed by atoms with van der Waals surface area (Å²) in [4.78, 5) is 39.4. The number of hydrogen-bond acceptors (Lipinski definition) is 7. The molecule has 0 atom stereocenters. The number of rotatable bonds is 11. The second-order valence-electron chi connectivity index (χ2n) is 6.82. The number of ether oxygens (including phenoxy) is 1. The largest absolute Gasteiger partial charge is 0.484 e. The van der Waals surface area contributed by atoms with Crippen molar-refractivity contribution in [2.75, 3.05) is 6.61 Å². The van der Waals surface area contributed by atoms with Gasteiger partial charge >= 0.3 is 0 Å². The molecule has 0 radical (unpaired) electrons. The molecule has 0 spiro atoms. The molecule has 0 saturated heterocycles. The molecular weight excluding hydrogens is 426 g/mol. The number of nitrogens with zero attached hydrogens (tertiary/aromatic N) is 2. The van der Waals surface area contributed by atoms with Crippen LogP contribution in [0.1, 0.15) is 23.3 Å². The molecule has 3 N–H and O–H groups in total. The molecule has 10 nitrogen and oxygen atoms in total. The van der Waals surface area contributed by atoms with Crippen LogP contribution in [0.15, 0.2) is 76.7 Å². The fourth-order valence-corrected chi connectivity index (χ4v) is 2.58. The van der Waals surface area contributed by atoms with E-state index in [0.717, 1.165) is 5.56 Å². The molecule has 1 aromatic carbocycles. The first-order valence-electron chi connectivity index (χ1n) is 10.1. The van der Waals surface area contributed by atoms with Gasteiger partial charge in [-0.2, -0.15) is 5.10 Å². The Morgan fingerprint density at radius 3 is 2.52 bits per heavy atom. The van der Waals surface area contributed by atoms with Gasteiger partial charge in [-0.3, -0.25) is 19.4 Å². The van der Waals surface area contributed by atoms with Gasteiger partial charge in [0.15, 0.2) is 6.61 Å². The molecule has 0 unspecified atom stereocenters. The van der Waals surface area contributed by atoms with E-state index < -0.39 is 11.8 Å². The van der Waals surface area contributed by atoms with Crippen molar-refractivity contribution in [3.63, 3.8) is 0 Å². The number of furan rings is 1. The zero-order chi connectivity index (χ0) is 23.3. The number of hydrogen-bond donors (Lipinski definition) is 3. The Kier molecular flexibility index (Phi) is 8.72. The fourth-order valence-electron chi connectivity index (χ4n) is 2.58. The first kappa shape index (κ1) is 23.2. The van der Waals surface area contributed by atoms with E-state index in [2.05, 4.69) is 26.1 Å². The summed E-state index contributed by atoms with van der Waals surface area (Å²) in [7, 11) is 0. The molecule has 0 aliphatic carbocycles. The Morgan fingerprint density at radius 1 is 0.970 bits per heavy atom. The first-order chi connectivity index (χ1) is 16.1. The predicted molar refractivity (Wildman–Crippen MR) is 119 cm³/mol. The van der Waals surface area contributed by atoms with Crippen LogP contribution in [-0.4, -0.2) is 35.5 Å². The Bertz CT molecular complexity index is 1070. The number of benzene rings is 1. The second-order valence-corrected chi connectivity index (χ2v) is 6.82. The quantitative estimate of drug-likeness (QED) is 0.231. The molecule has 3 rings (SSSR count).